The van der Waals surface area contributed by atoms with Crippen LogP contribution in [0.2, 0.25) is 0 Å². The van der Waals surface area contributed by atoms with Gasteiger partial charge >= 0.3 is 5.97 Å². The summed E-state index contributed by atoms with van der Waals surface area (Å²) in [5, 5.41) is 0. The Kier molecular flexibility index (Phi) is 4.41. The van der Waals surface area contributed by atoms with Crippen molar-refractivity contribution >= 4 is 17.0 Å². The van der Waals surface area contributed by atoms with Crippen LogP contribution in [0.3, 0.4) is 0 Å². The van der Waals surface area contributed by atoms with Crippen LogP contribution in [0, 0.1) is 0 Å². The lowest BCUT2D eigenvalue weighted by Gasteiger charge is -2.18. The van der Waals surface area contributed by atoms with Crippen molar-refractivity contribution in [3.05, 3.63) is 0 Å². The van der Waals surface area contributed by atoms with Gasteiger partial charge in [-0.1, -0.05) is 0 Å². The molecule has 0 saturated carbocycles. The maximum atomic E-state index is 10.9. The van der Waals surface area contributed by atoms with E-state index in [1.54, 1.807) is 20.8 Å². The van der Waals surface area contributed by atoms with Gasteiger partial charge in [0.15, 0.2) is 11.1 Å². The molecule has 0 aliphatic heterocycles. The van der Waals surface area contributed by atoms with E-state index in [9.17, 15) is 9.00 Å². The summed E-state index contributed by atoms with van der Waals surface area (Å²) in [4.78, 5) is 10.9. The van der Waals surface area contributed by atoms with Gasteiger partial charge in [-0.15, -0.1) is 0 Å². The highest BCUT2D eigenvalue weighted by atomic mass is 32.2. The minimum Gasteiger partial charge on any atom is -0.460 e. The van der Waals surface area contributed by atoms with Crippen LogP contribution in [0.5, 0.6) is 0 Å². The molecule has 0 saturated heterocycles. The highest BCUT2D eigenvalue weighted by Crippen LogP contribution is 2.07. The summed E-state index contributed by atoms with van der Waals surface area (Å²) in [6.45, 7) is 5.25. The molecule has 12 heavy (non-hydrogen) atoms. The fourth-order valence-corrected chi connectivity index (χ4v) is 0.904. The number of rotatable bonds is 3. The third-order valence-electron chi connectivity index (χ3n) is 0.901. The molecule has 0 bridgehead atoms. The first-order chi connectivity index (χ1) is 5.31. The molecule has 0 aliphatic carbocycles. The Morgan fingerprint density at radius 3 is 2.33 bits per heavy atom. The summed E-state index contributed by atoms with van der Waals surface area (Å²) in [6.07, 6.45) is -0.0135. The van der Waals surface area contributed by atoms with Gasteiger partial charge in [0.05, 0.1) is 12.2 Å². The van der Waals surface area contributed by atoms with Gasteiger partial charge in [0.25, 0.3) is 0 Å². The van der Waals surface area contributed by atoms with E-state index in [0.717, 1.165) is 0 Å². The summed E-state index contributed by atoms with van der Waals surface area (Å²) in [5.41, 5.74) is -0.520. The van der Waals surface area contributed by atoms with E-state index in [2.05, 4.69) is 0 Å². The zero-order valence-electron chi connectivity index (χ0n) is 7.49. The van der Waals surface area contributed by atoms with Gasteiger partial charge in [-0.05, 0) is 20.8 Å². The predicted molar refractivity (Wildman–Crippen MR) is 46.1 cm³/mol. The molecule has 0 aromatic rings. The van der Waals surface area contributed by atoms with Gasteiger partial charge in [-0.3, -0.25) is 4.79 Å². The molecular weight excluding hydrogens is 180 g/mol. The van der Waals surface area contributed by atoms with Crippen LogP contribution in [-0.2, 0) is 20.6 Å². The van der Waals surface area contributed by atoms with Gasteiger partial charge in [-0.2, -0.15) is 0 Å². The minimum absolute atomic E-state index is 0.0135. The van der Waals surface area contributed by atoms with Crippen molar-refractivity contribution in [1.82, 2.24) is 0 Å². The molecule has 0 aromatic heterocycles. The van der Waals surface area contributed by atoms with E-state index >= 15 is 0 Å². The number of hydrogen-bond acceptors (Lipinski definition) is 3. The second-order valence-electron chi connectivity index (χ2n) is 3.36. The minimum atomic E-state index is -1.92. The van der Waals surface area contributed by atoms with Gasteiger partial charge in [0, 0.05) is 0 Å². The van der Waals surface area contributed by atoms with E-state index in [0.29, 0.717) is 0 Å². The molecular formula is C7H14O4S. The topological polar surface area (TPSA) is 63.6 Å². The molecule has 0 heterocycles. The van der Waals surface area contributed by atoms with E-state index in [-0.39, 0.29) is 12.2 Å². The fourth-order valence-electron chi connectivity index (χ4n) is 0.563. The van der Waals surface area contributed by atoms with Crippen LogP contribution in [-0.4, -0.2) is 26.1 Å². The number of hydrogen-bond donors (Lipinski definition) is 1. The molecule has 1 unspecified atom stereocenters. The van der Waals surface area contributed by atoms with Crippen molar-refractivity contribution in [3.8, 4) is 0 Å². The first-order valence-corrected chi connectivity index (χ1v) is 4.88. The van der Waals surface area contributed by atoms with Gasteiger partial charge in [0.1, 0.15) is 5.60 Å². The quantitative estimate of drug-likeness (QED) is 0.536. The highest BCUT2D eigenvalue weighted by Gasteiger charge is 2.16. The van der Waals surface area contributed by atoms with Crippen molar-refractivity contribution in [2.75, 3.05) is 5.75 Å². The SMILES string of the molecule is CC(C)(C)OC(=O)CCS(=O)O. The maximum Gasteiger partial charge on any atom is 0.307 e. The molecule has 0 spiro atoms. The Morgan fingerprint density at radius 2 is 2.00 bits per heavy atom. The molecule has 4 nitrogen and oxygen atoms in total. The van der Waals surface area contributed by atoms with Crippen molar-refractivity contribution in [3.63, 3.8) is 0 Å². The van der Waals surface area contributed by atoms with E-state index in [4.69, 9.17) is 9.29 Å². The molecule has 0 aliphatic rings. The fraction of sp³-hybridized carbons (Fsp3) is 0.857. The van der Waals surface area contributed by atoms with E-state index in [1.807, 2.05) is 0 Å². The molecule has 0 fully saturated rings. The smallest absolute Gasteiger partial charge is 0.307 e. The Morgan fingerprint density at radius 1 is 1.50 bits per heavy atom. The predicted octanol–water partition coefficient (Wildman–Crippen LogP) is 0.940. The third kappa shape index (κ3) is 7.68. The zero-order valence-corrected chi connectivity index (χ0v) is 8.31. The summed E-state index contributed by atoms with van der Waals surface area (Å²) < 4.78 is 23.4. The van der Waals surface area contributed by atoms with Gasteiger partial charge in [0.2, 0.25) is 0 Å². The molecule has 72 valence electrons. The summed E-state index contributed by atoms with van der Waals surface area (Å²) in [7, 11) is 0. The van der Waals surface area contributed by atoms with Gasteiger partial charge < -0.3 is 9.29 Å². The Bertz CT molecular complexity index is 182. The summed E-state index contributed by atoms with van der Waals surface area (Å²) in [6, 6.07) is 0. The van der Waals surface area contributed by atoms with Crippen molar-refractivity contribution in [2.24, 2.45) is 0 Å². The largest absolute Gasteiger partial charge is 0.460 e. The molecule has 5 heteroatoms. The van der Waals surface area contributed by atoms with Crippen LogP contribution in [0.25, 0.3) is 0 Å². The van der Waals surface area contributed by atoms with Gasteiger partial charge in [-0.25, -0.2) is 4.21 Å². The number of ether oxygens (including phenoxy) is 1. The maximum absolute atomic E-state index is 10.9. The number of carbonyl (C=O) groups is 1. The second kappa shape index (κ2) is 4.57. The number of carbonyl (C=O) groups excluding carboxylic acids is 1. The first-order valence-electron chi connectivity index (χ1n) is 3.60. The van der Waals surface area contributed by atoms with Crippen molar-refractivity contribution < 1.29 is 18.3 Å². The number of esters is 1. The molecule has 0 amide bonds. The van der Waals surface area contributed by atoms with E-state index in [1.165, 1.54) is 0 Å². The lowest BCUT2D eigenvalue weighted by molar-refractivity contribution is -0.154. The van der Waals surface area contributed by atoms with E-state index < -0.39 is 22.7 Å². The Hall–Kier alpha value is -0.420. The van der Waals surface area contributed by atoms with Crippen molar-refractivity contribution in [2.45, 2.75) is 32.8 Å². The van der Waals surface area contributed by atoms with Crippen LogP contribution >= 0.6 is 0 Å². The normalized spacial score (nSPS) is 14.0. The standard InChI is InChI=1S/C7H14O4S/c1-7(2,3)11-6(8)4-5-12(9)10/h4-5H2,1-3H3,(H,9,10). The Balaban J connectivity index is 3.68. The molecule has 1 atom stereocenters. The summed E-state index contributed by atoms with van der Waals surface area (Å²) >= 11 is -1.92. The van der Waals surface area contributed by atoms with Crippen molar-refractivity contribution in [1.29, 1.82) is 0 Å². The highest BCUT2D eigenvalue weighted by molar-refractivity contribution is 7.79. The second-order valence-corrected chi connectivity index (χ2v) is 4.41. The molecule has 0 radical (unpaired) electrons. The Labute approximate surface area is 74.6 Å². The lowest BCUT2D eigenvalue weighted by atomic mass is 10.2. The monoisotopic (exact) mass is 194 g/mol. The zero-order chi connectivity index (χ0) is 9.78. The summed E-state index contributed by atoms with van der Waals surface area (Å²) in [5.74, 6) is -0.501. The third-order valence-corrected chi connectivity index (χ3v) is 1.45. The molecule has 0 aromatic carbocycles. The molecule has 1 N–H and O–H groups in total. The van der Waals surface area contributed by atoms with Crippen LogP contribution in [0.4, 0.5) is 0 Å². The van der Waals surface area contributed by atoms with Crippen LogP contribution in [0.1, 0.15) is 27.2 Å². The average Bonchev–Trinajstić information content (AvgIpc) is 1.79. The molecule has 0 rings (SSSR count). The van der Waals surface area contributed by atoms with Crippen LogP contribution < -0.4 is 0 Å². The first kappa shape index (κ1) is 11.6. The lowest BCUT2D eigenvalue weighted by Crippen LogP contribution is -2.24. The average molecular weight is 194 g/mol. The van der Waals surface area contributed by atoms with Crippen LogP contribution in [0.15, 0.2) is 0 Å².